The van der Waals surface area contributed by atoms with Crippen LogP contribution in [-0.4, -0.2) is 16.6 Å². The van der Waals surface area contributed by atoms with Gasteiger partial charge in [0.25, 0.3) is 0 Å². The minimum atomic E-state index is 0.235. The number of nitrogens with zero attached hydrogens (tertiary/aromatic N) is 2. The second-order valence-electron chi connectivity index (χ2n) is 3.76. The Hall–Kier alpha value is -0.830. The standard InChI is InChI=1S/C9H11ClN2O/c1-9(3-4-9)6-13-7-2-5-11-8(10)12-7/h2,5H,3-4,6H2,1H3. The summed E-state index contributed by atoms with van der Waals surface area (Å²) in [5.41, 5.74) is 0.372. The molecule has 1 aromatic heterocycles. The molecule has 4 heteroatoms. The molecule has 70 valence electrons. The third-order valence-electron chi connectivity index (χ3n) is 2.27. The van der Waals surface area contributed by atoms with E-state index in [1.165, 1.54) is 12.8 Å². The molecule has 1 saturated carbocycles. The van der Waals surface area contributed by atoms with Crippen molar-refractivity contribution in [1.82, 2.24) is 9.97 Å². The highest BCUT2D eigenvalue weighted by molar-refractivity contribution is 6.28. The number of hydrogen-bond acceptors (Lipinski definition) is 3. The molecule has 0 saturated heterocycles. The molecule has 3 nitrogen and oxygen atoms in total. The monoisotopic (exact) mass is 198 g/mol. The summed E-state index contributed by atoms with van der Waals surface area (Å²) in [5, 5.41) is 0.235. The Balaban J connectivity index is 1.94. The van der Waals surface area contributed by atoms with Gasteiger partial charge in [-0.2, -0.15) is 4.98 Å². The van der Waals surface area contributed by atoms with E-state index < -0.39 is 0 Å². The van der Waals surface area contributed by atoms with Gasteiger partial charge in [-0.3, -0.25) is 0 Å². The summed E-state index contributed by atoms with van der Waals surface area (Å²) in [5.74, 6) is 0.563. The van der Waals surface area contributed by atoms with E-state index in [2.05, 4.69) is 16.9 Å². The van der Waals surface area contributed by atoms with Crippen molar-refractivity contribution in [3.63, 3.8) is 0 Å². The van der Waals surface area contributed by atoms with E-state index in [9.17, 15) is 0 Å². The van der Waals surface area contributed by atoms with Crippen LogP contribution in [0, 0.1) is 5.41 Å². The van der Waals surface area contributed by atoms with Crippen LogP contribution in [0.4, 0.5) is 0 Å². The van der Waals surface area contributed by atoms with Crippen LogP contribution in [0.3, 0.4) is 0 Å². The van der Waals surface area contributed by atoms with Gasteiger partial charge in [0.05, 0.1) is 6.61 Å². The van der Waals surface area contributed by atoms with Crippen molar-refractivity contribution in [3.8, 4) is 5.88 Å². The second-order valence-corrected chi connectivity index (χ2v) is 4.10. The average Bonchev–Trinajstić information content (AvgIpc) is 2.82. The maximum absolute atomic E-state index is 5.61. The summed E-state index contributed by atoms with van der Waals surface area (Å²) in [6.07, 6.45) is 4.08. The Morgan fingerprint density at radius 2 is 2.38 bits per heavy atom. The number of aromatic nitrogens is 2. The lowest BCUT2D eigenvalue weighted by Gasteiger charge is -2.09. The molecule has 0 N–H and O–H groups in total. The maximum atomic E-state index is 5.61. The molecule has 0 amide bonds. The van der Waals surface area contributed by atoms with Gasteiger partial charge in [0, 0.05) is 17.7 Å². The number of rotatable bonds is 3. The third kappa shape index (κ3) is 2.31. The van der Waals surface area contributed by atoms with Crippen molar-refractivity contribution in [3.05, 3.63) is 17.5 Å². The highest BCUT2D eigenvalue weighted by atomic mass is 35.5. The summed E-state index contributed by atoms with van der Waals surface area (Å²) in [6.45, 7) is 2.93. The Morgan fingerprint density at radius 3 is 3.00 bits per heavy atom. The van der Waals surface area contributed by atoms with E-state index >= 15 is 0 Å². The Kier molecular flexibility index (Phi) is 2.12. The Bertz CT molecular complexity index is 312. The lowest BCUT2D eigenvalue weighted by molar-refractivity contribution is 0.238. The molecule has 1 aliphatic rings. The van der Waals surface area contributed by atoms with Gasteiger partial charge in [-0.1, -0.05) is 6.92 Å². The summed E-state index contributed by atoms with van der Waals surface area (Å²) in [7, 11) is 0. The quantitative estimate of drug-likeness (QED) is 0.700. The molecule has 1 aliphatic carbocycles. The highest BCUT2D eigenvalue weighted by Gasteiger charge is 2.38. The van der Waals surface area contributed by atoms with Crippen LogP contribution in [0.2, 0.25) is 5.28 Å². The van der Waals surface area contributed by atoms with E-state index in [-0.39, 0.29) is 5.28 Å². The van der Waals surface area contributed by atoms with Gasteiger partial charge >= 0.3 is 0 Å². The van der Waals surface area contributed by atoms with Gasteiger partial charge in [0.2, 0.25) is 11.2 Å². The molecule has 1 aromatic rings. The lowest BCUT2D eigenvalue weighted by Crippen LogP contribution is -2.09. The molecule has 0 radical (unpaired) electrons. The minimum absolute atomic E-state index is 0.235. The first-order valence-corrected chi connectivity index (χ1v) is 4.67. The van der Waals surface area contributed by atoms with Crippen molar-refractivity contribution in [2.75, 3.05) is 6.61 Å². The van der Waals surface area contributed by atoms with Gasteiger partial charge in [-0.25, -0.2) is 4.98 Å². The fourth-order valence-corrected chi connectivity index (χ4v) is 1.15. The Labute approximate surface area is 82.1 Å². The van der Waals surface area contributed by atoms with E-state index in [4.69, 9.17) is 16.3 Å². The first-order chi connectivity index (χ1) is 6.18. The zero-order valence-corrected chi connectivity index (χ0v) is 8.21. The third-order valence-corrected chi connectivity index (χ3v) is 2.45. The van der Waals surface area contributed by atoms with Crippen molar-refractivity contribution in [2.24, 2.45) is 5.41 Å². The highest BCUT2D eigenvalue weighted by Crippen LogP contribution is 2.44. The van der Waals surface area contributed by atoms with Crippen LogP contribution in [0.15, 0.2) is 12.3 Å². The van der Waals surface area contributed by atoms with Crippen LogP contribution in [-0.2, 0) is 0 Å². The summed E-state index contributed by atoms with van der Waals surface area (Å²) in [4.78, 5) is 7.71. The minimum Gasteiger partial charge on any atom is -0.477 e. The number of hydrogen-bond donors (Lipinski definition) is 0. The fraction of sp³-hybridized carbons (Fsp3) is 0.556. The summed E-state index contributed by atoms with van der Waals surface area (Å²) >= 11 is 5.61. The zero-order valence-electron chi connectivity index (χ0n) is 7.46. The molecule has 1 fully saturated rings. The van der Waals surface area contributed by atoms with E-state index in [1.54, 1.807) is 12.3 Å². The Morgan fingerprint density at radius 1 is 1.62 bits per heavy atom. The molecule has 1 heterocycles. The number of ether oxygens (including phenoxy) is 1. The molecular formula is C9H11ClN2O. The van der Waals surface area contributed by atoms with Crippen LogP contribution in [0.5, 0.6) is 5.88 Å². The zero-order chi connectivity index (χ0) is 9.31. The summed E-state index contributed by atoms with van der Waals surface area (Å²) < 4.78 is 5.48. The molecule has 0 atom stereocenters. The van der Waals surface area contributed by atoms with E-state index in [0.29, 0.717) is 11.3 Å². The normalized spacial score (nSPS) is 18.3. The van der Waals surface area contributed by atoms with Crippen LogP contribution in [0.1, 0.15) is 19.8 Å². The van der Waals surface area contributed by atoms with Crippen LogP contribution < -0.4 is 4.74 Å². The molecule has 0 aromatic carbocycles. The first-order valence-electron chi connectivity index (χ1n) is 4.29. The molecule has 2 rings (SSSR count). The van der Waals surface area contributed by atoms with Gasteiger partial charge in [-0.15, -0.1) is 0 Å². The van der Waals surface area contributed by atoms with Crippen molar-refractivity contribution < 1.29 is 4.74 Å². The maximum Gasteiger partial charge on any atom is 0.225 e. The van der Waals surface area contributed by atoms with Gasteiger partial charge in [0.15, 0.2) is 0 Å². The first kappa shape index (κ1) is 8.75. The lowest BCUT2D eigenvalue weighted by atomic mass is 10.2. The van der Waals surface area contributed by atoms with Gasteiger partial charge in [-0.05, 0) is 24.4 Å². The fourth-order valence-electron chi connectivity index (χ4n) is 1.01. The topological polar surface area (TPSA) is 35.0 Å². The molecule has 0 aliphatic heterocycles. The predicted octanol–water partition coefficient (Wildman–Crippen LogP) is 2.31. The number of halogens is 1. The smallest absolute Gasteiger partial charge is 0.225 e. The average molecular weight is 199 g/mol. The molecule has 13 heavy (non-hydrogen) atoms. The van der Waals surface area contributed by atoms with Crippen molar-refractivity contribution in [2.45, 2.75) is 19.8 Å². The van der Waals surface area contributed by atoms with Gasteiger partial charge in [0.1, 0.15) is 0 Å². The molecule has 0 unspecified atom stereocenters. The largest absolute Gasteiger partial charge is 0.477 e. The predicted molar refractivity (Wildman–Crippen MR) is 49.9 cm³/mol. The van der Waals surface area contributed by atoms with Crippen LogP contribution >= 0.6 is 11.6 Å². The van der Waals surface area contributed by atoms with Gasteiger partial charge < -0.3 is 4.74 Å². The van der Waals surface area contributed by atoms with E-state index in [0.717, 1.165) is 6.61 Å². The van der Waals surface area contributed by atoms with Crippen molar-refractivity contribution in [1.29, 1.82) is 0 Å². The molecule has 0 bridgehead atoms. The van der Waals surface area contributed by atoms with Crippen molar-refractivity contribution >= 4 is 11.6 Å². The van der Waals surface area contributed by atoms with Crippen LogP contribution in [0.25, 0.3) is 0 Å². The molecular weight excluding hydrogens is 188 g/mol. The van der Waals surface area contributed by atoms with E-state index in [1.807, 2.05) is 0 Å². The molecule has 0 spiro atoms. The second kappa shape index (κ2) is 3.14. The SMILES string of the molecule is CC1(COc2ccnc(Cl)n2)CC1. The summed E-state index contributed by atoms with van der Waals surface area (Å²) in [6, 6.07) is 1.72.